The molecule has 22 heavy (non-hydrogen) atoms. The van der Waals surface area contributed by atoms with Crippen molar-refractivity contribution in [2.75, 3.05) is 0 Å². The predicted molar refractivity (Wildman–Crippen MR) is 89.2 cm³/mol. The van der Waals surface area contributed by atoms with E-state index in [-0.39, 0.29) is 0 Å². The molecule has 0 fully saturated rings. The number of nitrogens with zero attached hydrogens (tertiary/aromatic N) is 2. The maximum Gasteiger partial charge on any atom is 0.161 e. The van der Waals surface area contributed by atoms with Crippen LogP contribution in [0, 0.1) is 6.08 Å². The van der Waals surface area contributed by atoms with Crippen LogP contribution in [0.15, 0.2) is 85.3 Å². The molecule has 0 aliphatic carbocycles. The minimum Gasteiger partial charge on any atom is -0.258 e. The van der Waals surface area contributed by atoms with E-state index in [1.165, 1.54) is 11.3 Å². The van der Waals surface area contributed by atoms with Gasteiger partial charge in [-0.3, -0.25) is 4.98 Å². The summed E-state index contributed by atoms with van der Waals surface area (Å²) in [5.74, 6) is 0. The van der Waals surface area contributed by atoms with Gasteiger partial charge in [-0.2, -0.15) is 0 Å². The van der Waals surface area contributed by atoms with E-state index in [1.807, 2.05) is 18.5 Å². The fourth-order valence-corrected chi connectivity index (χ4v) is 3.09. The summed E-state index contributed by atoms with van der Waals surface area (Å²) >= 11 is 0. The Labute approximate surface area is 130 Å². The molecule has 1 aliphatic heterocycles. The van der Waals surface area contributed by atoms with Gasteiger partial charge in [0.25, 0.3) is 0 Å². The number of hydrogen-bond donors (Lipinski definition) is 0. The Bertz CT molecular complexity index is 809. The average Bonchev–Trinajstić information content (AvgIpc) is 2.97. The molecule has 0 spiro atoms. The van der Waals surface area contributed by atoms with Crippen LogP contribution in [0.3, 0.4) is 0 Å². The summed E-state index contributed by atoms with van der Waals surface area (Å²) in [6, 6.07) is 23.2. The molecule has 105 valence electrons. The van der Waals surface area contributed by atoms with Gasteiger partial charge in [-0.15, -0.1) is 0 Å². The molecule has 3 aromatic rings. The molecule has 0 N–H and O–H groups in total. The van der Waals surface area contributed by atoms with Gasteiger partial charge in [0.05, 0.1) is 12.3 Å². The summed E-state index contributed by atoms with van der Waals surface area (Å²) in [7, 11) is 0. The maximum absolute atomic E-state index is 4.33. The summed E-state index contributed by atoms with van der Waals surface area (Å²) in [5, 5.41) is 0. The Hall–Kier alpha value is -2.71. The van der Waals surface area contributed by atoms with E-state index in [0.717, 1.165) is 17.8 Å². The molecule has 1 radical (unpaired) electrons. The molecular weight excluding hydrogens is 268 g/mol. The number of quaternary nitrogens is 1. The lowest BCUT2D eigenvalue weighted by atomic mass is 10.1. The Morgan fingerprint density at radius 2 is 1.68 bits per heavy atom. The molecule has 0 saturated heterocycles. The van der Waals surface area contributed by atoms with Crippen LogP contribution < -0.4 is 4.48 Å². The van der Waals surface area contributed by atoms with Crippen molar-refractivity contribution in [3.8, 4) is 0 Å². The van der Waals surface area contributed by atoms with Crippen LogP contribution in [0.1, 0.15) is 11.1 Å². The van der Waals surface area contributed by atoms with E-state index in [0.29, 0.717) is 4.48 Å². The summed E-state index contributed by atoms with van der Waals surface area (Å²) in [6.07, 6.45) is 9.34. The van der Waals surface area contributed by atoms with E-state index in [1.54, 1.807) is 0 Å². The Kier molecular flexibility index (Phi) is 3.10. The molecule has 0 saturated carbocycles. The molecule has 0 bridgehead atoms. The van der Waals surface area contributed by atoms with E-state index in [2.05, 4.69) is 77.9 Å². The molecule has 2 heteroatoms. The van der Waals surface area contributed by atoms with Crippen molar-refractivity contribution in [1.82, 2.24) is 9.47 Å². The largest absolute Gasteiger partial charge is 0.258 e. The first-order valence-corrected chi connectivity index (χ1v) is 7.41. The normalized spacial score (nSPS) is 19.1. The lowest BCUT2D eigenvalue weighted by Gasteiger charge is -2.31. The Morgan fingerprint density at radius 1 is 0.864 bits per heavy atom. The van der Waals surface area contributed by atoms with Crippen LogP contribution in [0.2, 0.25) is 0 Å². The summed E-state index contributed by atoms with van der Waals surface area (Å²) < 4.78 is 0.633. The van der Waals surface area contributed by atoms with Gasteiger partial charge in [0.2, 0.25) is 0 Å². The second kappa shape index (κ2) is 5.24. The van der Waals surface area contributed by atoms with Crippen molar-refractivity contribution in [2.24, 2.45) is 0 Å². The molecule has 1 aromatic heterocycles. The lowest BCUT2D eigenvalue weighted by Crippen LogP contribution is -2.36. The van der Waals surface area contributed by atoms with Crippen LogP contribution >= 0.6 is 0 Å². The zero-order chi connectivity index (χ0) is 14.8. The molecule has 1 unspecified atom stereocenters. The first kappa shape index (κ1) is 13.0. The van der Waals surface area contributed by atoms with Crippen molar-refractivity contribution in [2.45, 2.75) is 6.54 Å². The van der Waals surface area contributed by atoms with Gasteiger partial charge in [0.15, 0.2) is 11.4 Å². The minimum atomic E-state index is 0.633. The SMILES string of the molecule is [C]1=C[N+](Cc2ccccc2)(c2cccnc2)c2ccccc21. The summed E-state index contributed by atoms with van der Waals surface area (Å²) in [4.78, 5) is 4.33. The van der Waals surface area contributed by atoms with Gasteiger partial charge in [-0.25, -0.2) is 4.48 Å². The molecule has 1 aliphatic rings. The van der Waals surface area contributed by atoms with Gasteiger partial charge >= 0.3 is 0 Å². The average molecular weight is 284 g/mol. The van der Waals surface area contributed by atoms with E-state index in [9.17, 15) is 0 Å². The molecule has 4 rings (SSSR count). The van der Waals surface area contributed by atoms with Gasteiger partial charge in [-0.05, 0) is 12.1 Å². The third kappa shape index (κ3) is 2.05. The third-order valence-corrected chi connectivity index (χ3v) is 4.16. The fraction of sp³-hybridized carbons (Fsp3) is 0.0500. The Morgan fingerprint density at radius 3 is 2.50 bits per heavy atom. The number of benzene rings is 2. The van der Waals surface area contributed by atoms with Gasteiger partial charge in [-0.1, -0.05) is 42.5 Å². The van der Waals surface area contributed by atoms with Crippen LogP contribution in [-0.4, -0.2) is 4.98 Å². The molecule has 0 amide bonds. The standard InChI is InChI=1S/C20H16N2/c1-2-7-17(8-3-1)16-22(19-10-6-13-21-15-19)14-12-18-9-4-5-11-20(18)22/h1-11,13-15H,16H2/q+1. The topological polar surface area (TPSA) is 12.9 Å². The smallest absolute Gasteiger partial charge is 0.161 e. The predicted octanol–water partition coefficient (Wildman–Crippen LogP) is 4.60. The summed E-state index contributed by atoms with van der Waals surface area (Å²) in [5.41, 5.74) is 4.85. The summed E-state index contributed by atoms with van der Waals surface area (Å²) in [6.45, 7) is 0.858. The monoisotopic (exact) mass is 284 g/mol. The maximum atomic E-state index is 4.33. The van der Waals surface area contributed by atoms with Crippen molar-refractivity contribution in [1.29, 1.82) is 0 Å². The quantitative estimate of drug-likeness (QED) is 0.641. The second-order valence-electron chi connectivity index (χ2n) is 5.51. The van der Waals surface area contributed by atoms with Crippen molar-refractivity contribution in [3.63, 3.8) is 0 Å². The highest BCUT2D eigenvalue weighted by Gasteiger charge is 2.37. The lowest BCUT2D eigenvalue weighted by molar-refractivity contribution is 0.504. The van der Waals surface area contributed by atoms with E-state index in [4.69, 9.17) is 0 Å². The van der Waals surface area contributed by atoms with Crippen molar-refractivity contribution >= 4 is 11.4 Å². The molecule has 2 nitrogen and oxygen atoms in total. The number of fused-ring (bicyclic) bond motifs is 1. The van der Waals surface area contributed by atoms with Crippen LogP contribution in [-0.2, 0) is 6.54 Å². The van der Waals surface area contributed by atoms with Gasteiger partial charge in [0.1, 0.15) is 12.7 Å². The van der Waals surface area contributed by atoms with Crippen LogP contribution in [0.4, 0.5) is 11.4 Å². The minimum absolute atomic E-state index is 0.633. The van der Waals surface area contributed by atoms with Crippen LogP contribution in [0.25, 0.3) is 0 Å². The highest BCUT2D eigenvalue weighted by Crippen LogP contribution is 2.43. The number of aromatic nitrogens is 1. The number of pyridine rings is 1. The highest BCUT2D eigenvalue weighted by atomic mass is 15.4. The number of para-hydroxylation sites is 1. The molecule has 1 atom stereocenters. The second-order valence-corrected chi connectivity index (χ2v) is 5.51. The van der Waals surface area contributed by atoms with Crippen molar-refractivity contribution < 1.29 is 0 Å². The number of hydrogen-bond acceptors (Lipinski definition) is 1. The van der Waals surface area contributed by atoms with Crippen LogP contribution in [0.5, 0.6) is 0 Å². The fourth-order valence-electron chi connectivity index (χ4n) is 3.09. The zero-order valence-corrected chi connectivity index (χ0v) is 12.2. The highest BCUT2D eigenvalue weighted by molar-refractivity contribution is 5.68. The Balaban J connectivity index is 1.89. The van der Waals surface area contributed by atoms with E-state index < -0.39 is 0 Å². The molecule has 2 aromatic carbocycles. The molecular formula is C20H16N2+. The van der Waals surface area contributed by atoms with Gasteiger partial charge in [0, 0.05) is 29.5 Å². The third-order valence-electron chi connectivity index (χ3n) is 4.16. The van der Waals surface area contributed by atoms with Crippen molar-refractivity contribution in [3.05, 3.63) is 103 Å². The number of rotatable bonds is 3. The van der Waals surface area contributed by atoms with E-state index >= 15 is 0 Å². The molecule has 2 heterocycles. The zero-order valence-electron chi connectivity index (χ0n) is 12.2. The van der Waals surface area contributed by atoms with Gasteiger partial charge < -0.3 is 0 Å². The first-order chi connectivity index (χ1) is 10.9. The first-order valence-electron chi connectivity index (χ1n) is 7.41.